The molecule has 1 saturated heterocycles. The van der Waals surface area contributed by atoms with Crippen LogP contribution in [0.1, 0.15) is 6.92 Å². The number of aliphatic hydroxyl groups is 1. The minimum Gasteiger partial charge on any atom is -0.391 e. The van der Waals surface area contributed by atoms with Crippen LogP contribution in [0.25, 0.3) is 0 Å². The molecule has 1 N–H and O–H groups in total. The van der Waals surface area contributed by atoms with E-state index in [-0.39, 0.29) is 11.3 Å². The van der Waals surface area contributed by atoms with Crippen LogP contribution in [-0.2, 0) is 4.74 Å². The van der Waals surface area contributed by atoms with Crippen molar-refractivity contribution in [3.05, 3.63) is 0 Å². The van der Waals surface area contributed by atoms with Gasteiger partial charge in [-0.25, -0.2) is 0 Å². The summed E-state index contributed by atoms with van der Waals surface area (Å²) in [4.78, 5) is 0. The van der Waals surface area contributed by atoms with Crippen LogP contribution in [-0.4, -0.2) is 31.1 Å². The quantitative estimate of drug-likeness (QED) is 0.483. The molecule has 0 aromatic rings. The summed E-state index contributed by atoms with van der Waals surface area (Å²) in [5.41, 5.74) is 0. The molecular formula is C7H16O2Si. The molecule has 0 aromatic carbocycles. The number of rotatable bonds is 2. The zero-order valence-corrected chi connectivity index (χ0v) is 8.14. The molecule has 1 rings (SSSR count). The van der Waals surface area contributed by atoms with E-state index in [1.54, 1.807) is 0 Å². The molecule has 3 heteroatoms. The number of hydrogen-bond acceptors (Lipinski definition) is 2. The SMILES string of the molecule is C[C@H](O)[C@@]1([Si](C)(C)C)CO1. The Morgan fingerprint density at radius 3 is 1.90 bits per heavy atom. The zero-order valence-electron chi connectivity index (χ0n) is 7.14. The summed E-state index contributed by atoms with van der Waals surface area (Å²) in [5, 5.41) is 9.27. The second kappa shape index (κ2) is 2.06. The number of ether oxygens (including phenoxy) is 1. The van der Waals surface area contributed by atoms with Gasteiger partial charge in [0.15, 0.2) is 0 Å². The molecule has 0 bridgehead atoms. The van der Waals surface area contributed by atoms with E-state index in [2.05, 4.69) is 19.6 Å². The van der Waals surface area contributed by atoms with Gasteiger partial charge in [-0.1, -0.05) is 19.6 Å². The summed E-state index contributed by atoms with van der Waals surface area (Å²) in [5.74, 6) is 0. The van der Waals surface area contributed by atoms with Gasteiger partial charge in [0.1, 0.15) is 5.22 Å². The maximum absolute atomic E-state index is 9.39. The fourth-order valence-corrected chi connectivity index (χ4v) is 3.57. The maximum atomic E-state index is 9.39. The fourth-order valence-electron chi connectivity index (χ4n) is 1.38. The minimum atomic E-state index is -1.31. The second-order valence-electron chi connectivity index (χ2n) is 4.10. The van der Waals surface area contributed by atoms with Crippen LogP contribution in [0.4, 0.5) is 0 Å². The molecule has 0 saturated carbocycles. The van der Waals surface area contributed by atoms with Gasteiger partial charge in [-0.3, -0.25) is 0 Å². The Kier molecular flexibility index (Phi) is 1.70. The van der Waals surface area contributed by atoms with E-state index in [0.29, 0.717) is 0 Å². The Morgan fingerprint density at radius 1 is 1.50 bits per heavy atom. The lowest BCUT2D eigenvalue weighted by atomic mass is 10.3. The maximum Gasteiger partial charge on any atom is 0.106 e. The lowest BCUT2D eigenvalue weighted by Gasteiger charge is -2.27. The highest BCUT2D eigenvalue weighted by Gasteiger charge is 2.58. The van der Waals surface area contributed by atoms with Gasteiger partial charge >= 0.3 is 0 Å². The third-order valence-corrected chi connectivity index (χ3v) is 5.65. The highest BCUT2D eigenvalue weighted by molar-refractivity contribution is 6.79. The molecule has 2 atom stereocenters. The Hall–Kier alpha value is 0.137. The third kappa shape index (κ3) is 1.02. The molecule has 60 valence electrons. The third-order valence-electron chi connectivity index (χ3n) is 2.40. The molecule has 1 heterocycles. The van der Waals surface area contributed by atoms with Crippen molar-refractivity contribution in [3.63, 3.8) is 0 Å². The van der Waals surface area contributed by atoms with Crippen molar-refractivity contribution >= 4 is 8.07 Å². The van der Waals surface area contributed by atoms with Gasteiger partial charge in [-0.05, 0) is 6.92 Å². The largest absolute Gasteiger partial charge is 0.391 e. The summed E-state index contributed by atoms with van der Waals surface area (Å²) in [6, 6.07) is 0. The molecule has 1 fully saturated rings. The normalized spacial score (nSPS) is 35.7. The standard InChI is InChI=1S/C7H16O2Si/c1-6(8)7(5-9-7)10(2,3)4/h6,8H,5H2,1-4H3/t6-,7-/m0/s1. The van der Waals surface area contributed by atoms with Crippen LogP contribution in [0, 0.1) is 0 Å². The predicted octanol–water partition coefficient (Wildman–Crippen LogP) is 1.01. The van der Waals surface area contributed by atoms with Crippen molar-refractivity contribution in [2.45, 2.75) is 37.9 Å². The van der Waals surface area contributed by atoms with Gasteiger partial charge in [0.25, 0.3) is 0 Å². The van der Waals surface area contributed by atoms with Crippen molar-refractivity contribution in [3.8, 4) is 0 Å². The van der Waals surface area contributed by atoms with Crippen molar-refractivity contribution in [1.29, 1.82) is 0 Å². The first-order valence-electron chi connectivity index (χ1n) is 3.72. The van der Waals surface area contributed by atoms with Crippen molar-refractivity contribution in [2.24, 2.45) is 0 Å². The summed E-state index contributed by atoms with van der Waals surface area (Å²) < 4.78 is 5.33. The Labute approximate surface area is 63.2 Å². The molecule has 0 amide bonds. The van der Waals surface area contributed by atoms with E-state index in [0.717, 1.165) is 6.61 Å². The van der Waals surface area contributed by atoms with Gasteiger partial charge in [0.2, 0.25) is 0 Å². The predicted molar refractivity (Wildman–Crippen MR) is 43.7 cm³/mol. The van der Waals surface area contributed by atoms with Crippen molar-refractivity contribution in [2.75, 3.05) is 6.61 Å². The number of hydrogen-bond donors (Lipinski definition) is 1. The highest BCUT2D eigenvalue weighted by atomic mass is 28.3. The fraction of sp³-hybridized carbons (Fsp3) is 1.00. The first-order valence-corrected chi connectivity index (χ1v) is 7.22. The summed E-state index contributed by atoms with van der Waals surface area (Å²) in [6.45, 7) is 9.28. The van der Waals surface area contributed by atoms with Gasteiger partial charge in [0, 0.05) is 0 Å². The van der Waals surface area contributed by atoms with Gasteiger partial charge in [-0.2, -0.15) is 0 Å². The average Bonchev–Trinajstić information content (AvgIpc) is 2.36. The molecule has 10 heavy (non-hydrogen) atoms. The monoisotopic (exact) mass is 160 g/mol. The van der Waals surface area contributed by atoms with Crippen LogP contribution >= 0.6 is 0 Å². The summed E-state index contributed by atoms with van der Waals surface area (Å²) >= 11 is 0. The van der Waals surface area contributed by atoms with E-state index in [4.69, 9.17) is 4.74 Å². The van der Waals surface area contributed by atoms with E-state index < -0.39 is 8.07 Å². The molecule has 0 spiro atoms. The van der Waals surface area contributed by atoms with Crippen LogP contribution in [0.5, 0.6) is 0 Å². The van der Waals surface area contributed by atoms with Gasteiger partial charge in [-0.15, -0.1) is 0 Å². The molecule has 2 nitrogen and oxygen atoms in total. The minimum absolute atomic E-state index is 0.118. The molecular weight excluding hydrogens is 144 g/mol. The van der Waals surface area contributed by atoms with E-state index in [1.807, 2.05) is 6.92 Å². The molecule has 0 unspecified atom stereocenters. The van der Waals surface area contributed by atoms with E-state index >= 15 is 0 Å². The first kappa shape index (κ1) is 8.24. The molecule has 0 radical (unpaired) electrons. The molecule has 1 aliphatic rings. The Morgan fingerprint density at radius 2 is 1.90 bits per heavy atom. The van der Waals surface area contributed by atoms with E-state index in [9.17, 15) is 5.11 Å². The average molecular weight is 160 g/mol. The number of aliphatic hydroxyl groups excluding tert-OH is 1. The first-order chi connectivity index (χ1) is 4.40. The number of epoxide rings is 1. The van der Waals surface area contributed by atoms with Gasteiger partial charge < -0.3 is 9.84 Å². The Balaban J connectivity index is 2.70. The highest BCUT2D eigenvalue weighted by Crippen LogP contribution is 2.39. The second-order valence-corrected chi connectivity index (χ2v) is 9.45. The van der Waals surface area contributed by atoms with Gasteiger partial charge in [0.05, 0.1) is 20.8 Å². The summed E-state index contributed by atoms with van der Waals surface area (Å²) in [6.07, 6.45) is -0.292. The lowest BCUT2D eigenvalue weighted by Crippen LogP contribution is -2.49. The summed E-state index contributed by atoms with van der Waals surface area (Å²) in [7, 11) is -1.31. The van der Waals surface area contributed by atoms with Crippen LogP contribution in [0.15, 0.2) is 0 Å². The zero-order chi connectivity index (χ0) is 7.99. The lowest BCUT2D eigenvalue weighted by molar-refractivity contribution is 0.127. The topological polar surface area (TPSA) is 32.8 Å². The molecule has 0 aromatic heterocycles. The molecule has 0 aliphatic carbocycles. The van der Waals surface area contributed by atoms with E-state index in [1.165, 1.54) is 0 Å². The van der Waals surface area contributed by atoms with Crippen LogP contribution < -0.4 is 0 Å². The van der Waals surface area contributed by atoms with Crippen molar-refractivity contribution < 1.29 is 9.84 Å². The Bertz CT molecular complexity index is 133. The van der Waals surface area contributed by atoms with Crippen molar-refractivity contribution in [1.82, 2.24) is 0 Å². The van der Waals surface area contributed by atoms with Crippen LogP contribution in [0.3, 0.4) is 0 Å². The van der Waals surface area contributed by atoms with Crippen LogP contribution in [0.2, 0.25) is 19.6 Å². The molecule has 1 aliphatic heterocycles. The smallest absolute Gasteiger partial charge is 0.106 e.